The van der Waals surface area contributed by atoms with Crippen LogP contribution in [0.15, 0.2) is 42.5 Å². The lowest BCUT2D eigenvalue weighted by Crippen LogP contribution is -2.48. The third kappa shape index (κ3) is 6.14. The van der Waals surface area contributed by atoms with Crippen molar-refractivity contribution in [3.8, 4) is 0 Å². The molecular formula is C23H30ClN3O3S. The van der Waals surface area contributed by atoms with Crippen LogP contribution >= 0.6 is 11.6 Å². The summed E-state index contributed by atoms with van der Waals surface area (Å²) in [7, 11) is -3.42. The molecule has 1 amide bonds. The first-order valence-corrected chi connectivity index (χ1v) is 12.7. The van der Waals surface area contributed by atoms with Crippen LogP contribution in [0.5, 0.6) is 0 Å². The smallest absolute Gasteiger partial charge is 0.232 e. The third-order valence-corrected chi connectivity index (χ3v) is 7.17. The molecular weight excluding hydrogens is 434 g/mol. The van der Waals surface area contributed by atoms with E-state index in [-0.39, 0.29) is 12.5 Å². The Balaban J connectivity index is 1.53. The molecule has 2 aromatic carbocycles. The Labute approximate surface area is 190 Å². The number of piperazine rings is 1. The molecule has 8 heteroatoms. The Bertz CT molecular complexity index is 1030. The van der Waals surface area contributed by atoms with Crippen LogP contribution in [0.3, 0.4) is 0 Å². The summed E-state index contributed by atoms with van der Waals surface area (Å²) in [5.41, 5.74) is 3.87. The van der Waals surface area contributed by atoms with Gasteiger partial charge in [-0.25, -0.2) is 8.42 Å². The molecule has 1 saturated heterocycles. The minimum atomic E-state index is -3.42. The minimum absolute atomic E-state index is 0.0688. The molecule has 0 aromatic heterocycles. The molecule has 0 aliphatic carbocycles. The summed E-state index contributed by atoms with van der Waals surface area (Å²) in [5, 5.41) is 0.704. The quantitative estimate of drug-likeness (QED) is 0.625. The van der Waals surface area contributed by atoms with Crippen molar-refractivity contribution in [2.45, 2.75) is 26.7 Å². The second kappa shape index (κ2) is 9.92. The number of nitrogens with zero attached hydrogens (tertiary/aromatic N) is 3. The van der Waals surface area contributed by atoms with Crippen LogP contribution in [0.4, 0.5) is 11.4 Å². The summed E-state index contributed by atoms with van der Waals surface area (Å²) in [6, 6.07) is 13.4. The molecule has 168 valence electrons. The molecule has 1 heterocycles. The fourth-order valence-corrected chi connectivity index (χ4v) is 4.93. The molecule has 0 atom stereocenters. The minimum Gasteiger partial charge on any atom is -0.368 e. The highest BCUT2D eigenvalue weighted by Crippen LogP contribution is 2.23. The fraction of sp³-hybridized carbons (Fsp3) is 0.435. The van der Waals surface area contributed by atoms with Gasteiger partial charge in [0.05, 0.1) is 11.9 Å². The Morgan fingerprint density at radius 3 is 2.35 bits per heavy atom. The van der Waals surface area contributed by atoms with E-state index in [1.54, 1.807) is 0 Å². The van der Waals surface area contributed by atoms with Crippen molar-refractivity contribution < 1.29 is 13.2 Å². The van der Waals surface area contributed by atoms with Crippen LogP contribution in [-0.2, 0) is 14.8 Å². The Hall–Kier alpha value is -2.25. The zero-order valence-corrected chi connectivity index (χ0v) is 19.9. The van der Waals surface area contributed by atoms with Crippen LogP contribution in [0, 0.1) is 13.8 Å². The van der Waals surface area contributed by atoms with Gasteiger partial charge in [-0.05, 0) is 61.7 Å². The molecule has 0 radical (unpaired) electrons. The van der Waals surface area contributed by atoms with Crippen LogP contribution in [0.1, 0.15) is 24.0 Å². The van der Waals surface area contributed by atoms with E-state index < -0.39 is 10.0 Å². The molecule has 2 aromatic rings. The van der Waals surface area contributed by atoms with Gasteiger partial charge in [0.25, 0.3) is 0 Å². The van der Waals surface area contributed by atoms with Gasteiger partial charge in [0.2, 0.25) is 15.9 Å². The van der Waals surface area contributed by atoms with E-state index in [1.165, 1.54) is 10.6 Å². The van der Waals surface area contributed by atoms with E-state index in [4.69, 9.17) is 11.6 Å². The van der Waals surface area contributed by atoms with Crippen molar-refractivity contribution in [1.29, 1.82) is 0 Å². The highest BCUT2D eigenvalue weighted by molar-refractivity contribution is 7.92. The SMILES string of the molecule is Cc1ccc(N(CCCC(=O)N2CCN(c3cccc(Cl)c3)CC2)S(C)(=O)=O)cc1C. The van der Waals surface area contributed by atoms with Crippen molar-refractivity contribution in [1.82, 2.24) is 4.90 Å². The van der Waals surface area contributed by atoms with Gasteiger partial charge in [0.1, 0.15) is 0 Å². The van der Waals surface area contributed by atoms with E-state index >= 15 is 0 Å². The summed E-state index contributed by atoms with van der Waals surface area (Å²) < 4.78 is 26.0. The maximum atomic E-state index is 12.7. The fourth-order valence-electron chi connectivity index (χ4n) is 3.79. The number of carbonyl (C=O) groups is 1. The van der Waals surface area contributed by atoms with Gasteiger partial charge in [-0.2, -0.15) is 0 Å². The molecule has 3 rings (SSSR count). The van der Waals surface area contributed by atoms with Crippen LogP contribution in [0.2, 0.25) is 5.02 Å². The third-order valence-electron chi connectivity index (χ3n) is 5.74. The van der Waals surface area contributed by atoms with Gasteiger partial charge < -0.3 is 9.80 Å². The summed E-state index contributed by atoms with van der Waals surface area (Å²) in [4.78, 5) is 16.8. The van der Waals surface area contributed by atoms with Crippen molar-refractivity contribution in [2.24, 2.45) is 0 Å². The molecule has 6 nitrogen and oxygen atoms in total. The van der Waals surface area contributed by atoms with Gasteiger partial charge in [-0.3, -0.25) is 9.10 Å². The van der Waals surface area contributed by atoms with Crippen LogP contribution < -0.4 is 9.21 Å². The predicted octanol–water partition coefficient (Wildman–Crippen LogP) is 3.85. The number of anilines is 2. The second-order valence-corrected chi connectivity index (χ2v) is 10.4. The molecule has 0 N–H and O–H groups in total. The largest absolute Gasteiger partial charge is 0.368 e. The number of rotatable bonds is 7. The number of amides is 1. The highest BCUT2D eigenvalue weighted by atomic mass is 35.5. The number of halogens is 1. The maximum absolute atomic E-state index is 12.7. The molecule has 0 spiro atoms. The topological polar surface area (TPSA) is 60.9 Å². The normalized spacial score (nSPS) is 14.6. The number of hydrogen-bond acceptors (Lipinski definition) is 4. The zero-order valence-electron chi connectivity index (χ0n) is 18.3. The summed E-state index contributed by atoms with van der Waals surface area (Å²) >= 11 is 6.08. The van der Waals surface area contributed by atoms with Crippen LogP contribution in [-0.4, -0.2) is 58.2 Å². The molecule has 1 fully saturated rings. The number of hydrogen-bond donors (Lipinski definition) is 0. The molecule has 1 aliphatic heterocycles. The monoisotopic (exact) mass is 463 g/mol. The van der Waals surface area contributed by atoms with Gasteiger partial charge in [0.15, 0.2) is 0 Å². The predicted molar refractivity (Wildman–Crippen MR) is 128 cm³/mol. The highest BCUT2D eigenvalue weighted by Gasteiger charge is 2.23. The van der Waals surface area contributed by atoms with Gasteiger partial charge in [-0.1, -0.05) is 23.7 Å². The lowest BCUT2D eigenvalue weighted by atomic mass is 10.1. The van der Waals surface area contributed by atoms with Crippen molar-refractivity contribution in [3.63, 3.8) is 0 Å². The molecule has 31 heavy (non-hydrogen) atoms. The first kappa shape index (κ1) is 23.4. The number of sulfonamides is 1. The zero-order chi connectivity index (χ0) is 22.6. The second-order valence-electron chi connectivity index (χ2n) is 8.05. The molecule has 1 aliphatic rings. The first-order chi connectivity index (χ1) is 14.6. The number of aryl methyl sites for hydroxylation is 2. The van der Waals surface area contributed by atoms with E-state index in [9.17, 15) is 13.2 Å². The van der Waals surface area contributed by atoms with Crippen molar-refractivity contribution in [2.75, 3.05) is 48.2 Å². The summed E-state index contributed by atoms with van der Waals surface area (Å²) in [5.74, 6) is 0.0688. The van der Waals surface area contributed by atoms with Gasteiger partial charge in [0, 0.05) is 49.9 Å². The number of benzene rings is 2. The Morgan fingerprint density at radius 2 is 1.74 bits per heavy atom. The van der Waals surface area contributed by atoms with E-state index in [0.29, 0.717) is 36.6 Å². The molecule has 0 saturated carbocycles. The van der Waals surface area contributed by atoms with Gasteiger partial charge >= 0.3 is 0 Å². The average Bonchev–Trinajstić information content (AvgIpc) is 2.72. The maximum Gasteiger partial charge on any atom is 0.232 e. The average molecular weight is 464 g/mol. The summed E-state index contributed by atoms with van der Waals surface area (Å²) in [6.07, 6.45) is 2.01. The van der Waals surface area contributed by atoms with E-state index in [2.05, 4.69) is 4.90 Å². The van der Waals surface area contributed by atoms with Crippen molar-refractivity contribution in [3.05, 3.63) is 58.6 Å². The van der Waals surface area contributed by atoms with Crippen LogP contribution in [0.25, 0.3) is 0 Å². The molecule has 0 unspecified atom stereocenters. The first-order valence-electron chi connectivity index (χ1n) is 10.5. The van der Waals surface area contributed by atoms with Crippen molar-refractivity contribution >= 4 is 38.9 Å². The standard InChI is InChI=1S/C23H30ClN3O3S/c1-18-9-10-22(16-19(18)2)27(31(3,29)30)11-5-8-23(28)26-14-12-25(13-15-26)21-7-4-6-20(24)17-21/h4,6-7,9-10,16-17H,5,8,11-15H2,1-3H3. The molecule has 0 bridgehead atoms. The Kier molecular flexibility index (Phi) is 7.49. The lowest BCUT2D eigenvalue weighted by Gasteiger charge is -2.36. The summed E-state index contributed by atoms with van der Waals surface area (Å²) in [6.45, 7) is 7.06. The lowest BCUT2D eigenvalue weighted by molar-refractivity contribution is -0.131. The van der Waals surface area contributed by atoms with E-state index in [0.717, 1.165) is 29.9 Å². The van der Waals surface area contributed by atoms with Gasteiger partial charge in [-0.15, -0.1) is 0 Å². The Morgan fingerprint density at radius 1 is 1.03 bits per heavy atom. The van der Waals surface area contributed by atoms with E-state index in [1.807, 2.05) is 61.2 Å². The number of carbonyl (C=O) groups excluding carboxylic acids is 1.